The predicted molar refractivity (Wildman–Crippen MR) is 76.7 cm³/mol. The van der Waals surface area contributed by atoms with Crippen molar-refractivity contribution in [3.63, 3.8) is 0 Å². The highest BCUT2D eigenvalue weighted by molar-refractivity contribution is 5.66. The zero-order valence-corrected chi connectivity index (χ0v) is 11.6. The standard InChI is InChI=1S/C16H28O2/c1-2-3-4-5-6-7-8-9-10-11-12-13-14-15-16(17)18/h3H,1,4-15H2,(H,17,18). The molecular formula is C16H28O2. The lowest BCUT2D eigenvalue weighted by molar-refractivity contribution is -0.137. The second-order valence-electron chi connectivity index (χ2n) is 4.88. The number of aliphatic carboxylic acids is 1. The van der Waals surface area contributed by atoms with Crippen LogP contribution in [0.2, 0.25) is 0 Å². The van der Waals surface area contributed by atoms with Crippen LogP contribution < -0.4 is 0 Å². The van der Waals surface area contributed by atoms with Crippen molar-refractivity contribution in [3.8, 4) is 0 Å². The van der Waals surface area contributed by atoms with Crippen molar-refractivity contribution in [3.05, 3.63) is 18.4 Å². The fourth-order valence-corrected chi connectivity index (χ4v) is 2.04. The van der Waals surface area contributed by atoms with Gasteiger partial charge in [-0.25, -0.2) is 0 Å². The third kappa shape index (κ3) is 15.0. The van der Waals surface area contributed by atoms with Crippen molar-refractivity contribution in [2.75, 3.05) is 0 Å². The van der Waals surface area contributed by atoms with Crippen LogP contribution in [0.5, 0.6) is 0 Å². The van der Waals surface area contributed by atoms with Gasteiger partial charge in [-0.3, -0.25) is 4.79 Å². The van der Waals surface area contributed by atoms with E-state index in [1.807, 2.05) is 6.08 Å². The summed E-state index contributed by atoms with van der Waals surface area (Å²) in [5.41, 5.74) is 2.80. The van der Waals surface area contributed by atoms with Crippen LogP contribution >= 0.6 is 0 Å². The van der Waals surface area contributed by atoms with Crippen molar-refractivity contribution in [2.24, 2.45) is 0 Å². The van der Waals surface area contributed by atoms with E-state index in [2.05, 4.69) is 12.3 Å². The van der Waals surface area contributed by atoms with Crippen molar-refractivity contribution < 1.29 is 9.90 Å². The fraction of sp³-hybridized carbons (Fsp3) is 0.750. The van der Waals surface area contributed by atoms with Crippen LogP contribution in [-0.4, -0.2) is 11.1 Å². The Morgan fingerprint density at radius 2 is 1.33 bits per heavy atom. The number of unbranched alkanes of at least 4 members (excludes halogenated alkanes) is 10. The Bertz CT molecular complexity index is 227. The smallest absolute Gasteiger partial charge is 0.303 e. The Morgan fingerprint density at radius 1 is 0.889 bits per heavy atom. The van der Waals surface area contributed by atoms with Crippen LogP contribution in [0, 0.1) is 0 Å². The first kappa shape index (κ1) is 17.0. The number of carbonyl (C=O) groups is 1. The van der Waals surface area contributed by atoms with Gasteiger partial charge in [0.1, 0.15) is 0 Å². The fourth-order valence-electron chi connectivity index (χ4n) is 2.04. The number of allylic oxidation sites excluding steroid dienone is 1. The molecule has 0 aromatic carbocycles. The molecule has 1 N–H and O–H groups in total. The van der Waals surface area contributed by atoms with Gasteiger partial charge in [-0.05, 0) is 25.3 Å². The minimum atomic E-state index is -0.665. The molecule has 18 heavy (non-hydrogen) atoms. The quantitative estimate of drug-likeness (QED) is 0.366. The maximum Gasteiger partial charge on any atom is 0.303 e. The Hall–Kier alpha value is -1.01. The molecule has 0 fully saturated rings. The van der Waals surface area contributed by atoms with Crippen LogP contribution in [0.1, 0.15) is 77.0 Å². The van der Waals surface area contributed by atoms with Crippen molar-refractivity contribution in [1.82, 2.24) is 0 Å². The molecule has 0 amide bonds. The van der Waals surface area contributed by atoms with Crippen LogP contribution in [0.4, 0.5) is 0 Å². The van der Waals surface area contributed by atoms with E-state index in [-0.39, 0.29) is 0 Å². The zero-order chi connectivity index (χ0) is 13.5. The molecule has 0 aromatic heterocycles. The number of carboxylic acids is 1. The van der Waals surface area contributed by atoms with Crippen molar-refractivity contribution in [2.45, 2.75) is 77.0 Å². The van der Waals surface area contributed by atoms with E-state index in [1.54, 1.807) is 0 Å². The monoisotopic (exact) mass is 252 g/mol. The van der Waals surface area contributed by atoms with Crippen LogP contribution in [0.3, 0.4) is 0 Å². The second-order valence-corrected chi connectivity index (χ2v) is 4.88. The van der Waals surface area contributed by atoms with E-state index in [0.717, 1.165) is 19.3 Å². The molecular weight excluding hydrogens is 224 g/mol. The Morgan fingerprint density at radius 3 is 1.78 bits per heavy atom. The average Bonchev–Trinajstić information content (AvgIpc) is 2.34. The van der Waals surface area contributed by atoms with E-state index in [0.29, 0.717) is 6.42 Å². The largest absolute Gasteiger partial charge is 0.481 e. The lowest BCUT2D eigenvalue weighted by Gasteiger charge is -2.01. The predicted octanol–water partition coefficient (Wildman–Crippen LogP) is 5.09. The molecule has 2 heteroatoms. The zero-order valence-electron chi connectivity index (χ0n) is 11.6. The van der Waals surface area contributed by atoms with Crippen LogP contribution in [-0.2, 0) is 4.79 Å². The second kappa shape index (κ2) is 14.1. The summed E-state index contributed by atoms with van der Waals surface area (Å²) in [6.45, 7) is 3.55. The SMILES string of the molecule is C=C=CCCCCCCCCCCCCC(=O)O. The summed E-state index contributed by atoms with van der Waals surface area (Å²) < 4.78 is 0. The van der Waals surface area contributed by atoms with Gasteiger partial charge in [0.25, 0.3) is 0 Å². The van der Waals surface area contributed by atoms with Crippen LogP contribution in [0.15, 0.2) is 18.4 Å². The molecule has 2 nitrogen and oxygen atoms in total. The summed E-state index contributed by atoms with van der Waals surface area (Å²) in [5.74, 6) is -0.665. The number of hydrogen-bond acceptors (Lipinski definition) is 1. The first-order valence-corrected chi connectivity index (χ1v) is 7.33. The molecule has 0 heterocycles. The Balaban J connectivity index is 2.98. The molecule has 0 saturated carbocycles. The maximum absolute atomic E-state index is 10.3. The minimum Gasteiger partial charge on any atom is -0.481 e. The van der Waals surface area contributed by atoms with E-state index < -0.39 is 5.97 Å². The van der Waals surface area contributed by atoms with Gasteiger partial charge in [0.05, 0.1) is 0 Å². The van der Waals surface area contributed by atoms with Gasteiger partial charge >= 0.3 is 5.97 Å². The van der Waals surface area contributed by atoms with E-state index in [4.69, 9.17) is 5.11 Å². The summed E-state index contributed by atoms with van der Waals surface area (Å²) in [6, 6.07) is 0. The van der Waals surface area contributed by atoms with Gasteiger partial charge in [0.15, 0.2) is 0 Å². The average molecular weight is 252 g/mol. The maximum atomic E-state index is 10.3. The normalized spacial score (nSPS) is 10.0. The molecule has 0 saturated heterocycles. The molecule has 0 rings (SSSR count). The third-order valence-corrected chi connectivity index (χ3v) is 3.13. The van der Waals surface area contributed by atoms with Gasteiger partial charge < -0.3 is 5.11 Å². The third-order valence-electron chi connectivity index (χ3n) is 3.13. The lowest BCUT2D eigenvalue weighted by atomic mass is 10.1. The summed E-state index contributed by atoms with van der Waals surface area (Å²) >= 11 is 0. The molecule has 0 aliphatic carbocycles. The minimum absolute atomic E-state index is 0.332. The van der Waals surface area contributed by atoms with Crippen molar-refractivity contribution in [1.29, 1.82) is 0 Å². The van der Waals surface area contributed by atoms with Gasteiger partial charge in [-0.2, -0.15) is 0 Å². The van der Waals surface area contributed by atoms with Gasteiger partial charge in [0, 0.05) is 6.42 Å². The van der Waals surface area contributed by atoms with Crippen LogP contribution in [0.25, 0.3) is 0 Å². The molecule has 104 valence electrons. The molecule has 0 spiro atoms. The van der Waals surface area contributed by atoms with Gasteiger partial charge in [-0.1, -0.05) is 57.9 Å². The van der Waals surface area contributed by atoms with Gasteiger partial charge in [0.2, 0.25) is 0 Å². The highest BCUT2D eigenvalue weighted by Gasteiger charge is 1.96. The van der Waals surface area contributed by atoms with E-state index >= 15 is 0 Å². The van der Waals surface area contributed by atoms with Gasteiger partial charge in [-0.15, -0.1) is 5.73 Å². The molecule has 0 unspecified atom stereocenters. The lowest BCUT2D eigenvalue weighted by Crippen LogP contribution is -1.93. The summed E-state index contributed by atoms with van der Waals surface area (Å²) in [6.07, 6.45) is 15.7. The molecule has 0 aliphatic heterocycles. The molecule has 0 aliphatic rings. The highest BCUT2D eigenvalue weighted by Crippen LogP contribution is 2.11. The summed E-state index contributed by atoms with van der Waals surface area (Å²) in [5, 5.41) is 8.48. The molecule has 0 radical (unpaired) electrons. The summed E-state index contributed by atoms with van der Waals surface area (Å²) in [4.78, 5) is 10.3. The first-order chi connectivity index (χ1) is 8.77. The first-order valence-electron chi connectivity index (χ1n) is 7.33. The Labute approximate surface area is 112 Å². The number of rotatable bonds is 13. The van der Waals surface area contributed by atoms with E-state index in [1.165, 1.54) is 51.4 Å². The molecule has 0 aromatic rings. The molecule has 0 atom stereocenters. The van der Waals surface area contributed by atoms with Crippen molar-refractivity contribution >= 4 is 5.97 Å². The Kier molecular flexibility index (Phi) is 13.3. The number of hydrogen-bond donors (Lipinski definition) is 1. The summed E-state index contributed by atoms with van der Waals surface area (Å²) in [7, 11) is 0. The highest BCUT2D eigenvalue weighted by atomic mass is 16.4. The number of carboxylic acid groups (broad SMARTS) is 1. The molecule has 0 bridgehead atoms. The topological polar surface area (TPSA) is 37.3 Å². The van der Waals surface area contributed by atoms with E-state index in [9.17, 15) is 4.79 Å².